The van der Waals surface area contributed by atoms with E-state index in [-0.39, 0.29) is 5.91 Å². The molecule has 0 radical (unpaired) electrons. The normalized spacial score (nSPS) is 10.8. The molecular formula is C22H22BrClN2O2S. The summed E-state index contributed by atoms with van der Waals surface area (Å²) in [5, 5.41) is 4.15. The first-order valence-corrected chi connectivity index (χ1v) is 11.4. The molecule has 0 bridgehead atoms. The van der Waals surface area contributed by atoms with Crippen molar-refractivity contribution in [1.29, 1.82) is 0 Å². The van der Waals surface area contributed by atoms with Crippen LogP contribution in [-0.2, 0) is 11.2 Å². The average molecular weight is 494 g/mol. The number of nitrogens with one attached hydrogen (secondary N) is 1. The van der Waals surface area contributed by atoms with Gasteiger partial charge < -0.3 is 10.1 Å². The summed E-state index contributed by atoms with van der Waals surface area (Å²) in [6.45, 7) is 4.57. The largest absolute Gasteiger partial charge is 0.492 e. The molecule has 0 spiro atoms. The third-order valence-electron chi connectivity index (χ3n) is 4.35. The molecule has 7 heteroatoms. The smallest absolute Gasteiger partial charge is 0.226 e. The standard InChI is InChI=1S/C22H22BrClN2O2S/c1-3-15-9-10-19(18(23)12-15)28-11-5-8-20(27)25-22-26-21(14(2)29-22)16-6-4-7-17(24)13-16/h4,6-7,9-10,12-13H,3,5,8,11H2,1-2H3,(H,25,26,27). The van der Waals surface area contributed by atoms with Crippen molar-refractivity contribution in [3.8, 4) is 17.0 Å². The van der Waals surface area contributed by atoms with E-state index in [0.717, 1.165) is 32.8 Å². The van der Waals surface area contributed by atoms with Gasteiger partial charge in [0.2, 0.25) is 5.91 Å². The first-order valence-electron chi connectivity index (χ1n) is 9.40. The zero-order valence-electron chi connectivity index (χ0n) is 16.3. The summed E-state index contributed by atoms with van der Waals surface area (Å²) >= 11 is 11.1. The molecule has 0 aliphatic carbocycles. The molecular weight excluding hydrogens is 472 g/mol. The second-order valence-electron chi connectivity index (χ2n) is 6.55. The van der Waals surface area contributed by atoms with E-state index in [0.29, 0.717) is 29.6 Å². The molecule has 0 unspecified atom stereocenters. The lowest BCUT2D eigenvalue weighted by Crippen LogP contribution is -2.12. The minimum Gasteiger partial charge on any atom is -0.492 e. The first-order chi connectivity index (χ1) is 14.0. The Morgan fingerprint density at radius 3 is 2.83 bits per heavy atom. The van der Waals surface area contributed by atoms with Crippen molar-refractivity contribution in [2.24, 2.45) is 0 Å². The fraction of sp³-hybridized carbons (Fsp3) is 0.273. The maximum Gasteiger partial charge on any atom is 0.226 e. The molecule has 0 fully saturated rings. The van der Waals surface area contributed by atoms with Crippen LogP contribution >= 0.6 is 38.9 Å². The molecule has 29 heavy (non-hydrogen) atoms. The van der Waals surface area contributed by atoms with E-state index in [4.69, 9.17) is 16.3 Å². The fourth-order valence-electron chi connectivity index (χ4n) is 2.83. The molecule has 2 aromatic carbocycles. The lowest BCUT2D eigenvalue weighted by Gasteiger charge is -2.09. The molecule has 1 aromatic heterocycles. The highest BCUT2D eigenvalue weighted by molar-refractivity contribution is 9.10. The van der Waals surface area contributed by atoms with Gasteiger partial charge in [0.05, 0.1) is 16.8 Å². The number of anilines is 1. The number of amides is 1. The molecule has 1 heterocycles. The van der Waals surface area contributed by atoms with Gasteiger partial charge in [-0.05, 0) is 65.5 Å². The Bertz CT molecular complexity index is 1010. The van der Waals surface area contributed by atoms with Crippen LogP contribution in [0.25, 0.3) is 11.3 Å². The number of hydrogen-bond donors (Lipinski definition) is 1. The van der Waals surface area contributed by atoms with Crippen LogP contribution in [0.3, 0.4) is 0 Å². The van der Waals surface area contributed by atoms with Crippen molar-refractivity contribution >= 4 is 49.9 Å². The molecule has 3 aromatic rings. The Morgan fingerprint density at radius 1 is 1.28 bits per heavy atom. The van der Waals surface area contributed by atoms with Gasteiger partial charge in [-0.1, -0.05) is 36.7 Å². The molecule has 1 N–H and O–H groups in total. The van der Waals surface area contributed by atoms with Crippen LogP contribution in [0.15, 0.2) is 46.9 Å². The third kappa shape index (κ3) is 6.04. The molecule has 0 saturated carbocycles. The van der Waals surface area contributed by atoms with Crippen LogP contribution in [0.4, 0.5) is 5.13 Å². The summed E-state index contributed by atoms with van der Waals surface area (Å²) < 4.78 is 6.71. The lowest BCUT2D eigenvalue weighted by atomic mass is 10.1. The summed E-state index contributed by atoms with van der Waals surface area (Å²) in [6.07, 6.45) is 1.98. The number of aryl methyl sites for hydroxylation is 2. The molecule has 152 valence electrons. The number of hydrogen-bond acceptors (Lipinski definition) is 4. The highest BCUT2D eigenvalue weighted by Crippen LogP contribution is 2.31. The van der Waals surface area contributed by atoms with Gasteiger partial charge in [0.1, 0.15) is 5.75 Å². The van der Waals surface area contributed by atoms with Gasteiger partial charge in [0.25, 0.3) is 0 Å². The quantitative estimate of drug-likeness (QED) is 0.347. The highest BCUT2D eigenvalue weighted by Gasteiger charge is 2.12. The average Bonchev–Trinajstić information content (AvgIpc) is 3.06. The predicted molar refractivity (Wildman–Crippen MR) is 124 cm³/mol. The minimum atomic E-state index is -0.0691. The summed E-state index contributed by atoms with van der Waals surface area (Å²) in [4.78, 5) is 17.8. The Kier molecular flexibility index (Phi) is 7.70. The molecule has 0 aliphatic rings. The van der Waals surface area contributed by atoms with Gasteiger partial charge in [-0.15, -0.1) is 11.3 Å². The zero-order chi connectivity index (χ0) is 20.8. The van der Waals surface area contributed by atoms with Crippen molar-refractivity contribution in [1.82, 2.24) is 4.98 Å². The summed E-state index contributed by atoms with van der Waals surface area (Å²) in [5.41, 5.74) is 3.04. The van der Waals surface area contributed by atoms with Crippen LogP contribution in [0, 0.1) is 6.92 Å². The van der Waals surface area contributed by atoms with E-state index in [2.05, 4.69) is 45.3 Å². The van der Waals surface area contributed by atoms with E-state index in [9.17, 15) is 4.79 Å². The number of benzene rings is 2. The Morgan fingerprint density at radius 2 is 2.10 bits per heavy atom. The van der Waals surface area contributed by atoms with Gasteiger partial charge in [0, 0.05) is 21.9 Å². The molecule has 0 atom stereocenters. The summed E-state index contributed by atoms with van der Waals surface area (Å²) in [5.74, 6) is 0.727. The molecule has 1 amide bonds. The number of halogens is 2. The predicted octanol–water partition coefficient (Wildman–Crippen LogP) is 6.89. The number of thiazole rings is 1. The maximum absolute atomic E-state index is 12.3. The minimum absolute atomic E-state index is 0.0691. The van der Waals surface area contributed by atoms with Crippen molar-refractivity contribution < 1.29 is 9.53 Å². The maximum atomic E-state index is 12.3. The number of carbonyl (C=O) groups excluding carboxylic acids is 1. The first kappa shape index (κ1) is 21.8. The molecule has 3 rings (SSSR count). The van der Waals surface area contributed by atoms with E-state index in [1.165, 1.54) is 16.9 Å². The van der Waals surface area contributed by atoms with Crippen LogP contribution in [0.2, 0.25) is 5.02 Å². The Hall–Kier alpha value is -1.89. The molecule has 4 nitrogen and oxygen atoms in total. The van der Waals surface area contributed by atoms with Gasteiger partial charge in [-0.25, -0.2) is 4.98 Å². The summed E-state index contributed by atoms with van der Waals surface area (Å²) in [6, 6.07) is 13.6. The van der Waals surface area contributed by atoms with Crippen LogP contribution in [0.1, 0.15) is 30.2 Å². The fourth-order valence-corrected chi connectivity index (χ4v) is 4.41. The third-order valence-corrected chi connectivity index (χ3v) is 6.09. The SMILES string of the molecule is CCc1ccc(OCCCC(=O)Nc2nc(-c3cccc(Cl)c3)c(C)s2)c(Br)c1. The topological polar surface area (TPSA) is 51.2 Å². The number of nitrogens with zero attached hydrogens (tertiary/aromatic N) is 1. The van der Waals surface area contributed by atoms with Crippen molar-refractivity contribution in [3.63, 3.8) is 0 Å². The highest BCUT2D eigenvalue weighted by atomic mass is 79.9. The van der Waals surface area contributed by atoms with E-state index >= 15 is 0 Å². The van der Waals surface area contributed by atoms with Crippen LogP contribution in [0.5, 0.6) is 5.75 Å². The van der Waals surface area contributed by atoms with Crippen molar-refractivity contribution in [3.05, 3.63) is 62.4 Å². The van der Waals surface area contributed by atoms with Crippen LogP contribution in [-0.4, -0.2) is 17.5 Å². The Balaban J connectivity index is 1.49. The number of rotatable bonds is 8. The number of carbonyl (C=O) groups is 1. The Labute approximate surface area is 188 Å². The van der Waals surface area contributed by atoms with Gasteiger partial charge in [-0.3, -0.25) is 4.79 Å². The molecule has 0 saturated heterocycles. The van der Waals surface area contributed by atoms with Crippen molar-refractivity contribution in [2.75, 3.05) is 11.9 Å². The lowest BCUT2D eigenvalue weighted by molar-refractivity contribution is -0.116. The van der Waals surface area contributed by atoms with Gasteiger partial charge in [0.15, 0.2) is 5.13 Å². The number of ether oxygens (including phenoxy) is 1. The monoisotopic (exact) mass is 492 g/mol. The van der Waals surface area contributed by atoms with Gasteiger partial charge >= 0.3 is 0 Å². The summed E-state index contributed by atoms with van der Waals surface area (Å²) in [7, 11) is 0. The zero-order valence-corrected chi connectivity index (χ0v) is 19.5. The van der Waals surface area contributed by atoms with E-state index in [1.807, 2.05) is 37.3 Å². The van der Waals surface area contributed by atoms with E-state index in [1.54, 1.807) is 0 Å². The van der Waals surface area contributed by atoms with Crippen molar-refractivity contribution in [2.45, 2.75) is 33.1 Å². The number of aromatic nitrogens is 1. The van der Waals surface area contributed by atoms with Crippen LogP contribution < -0.4 is 10.1 Å². The molecule has 0 aliphatic heterocycles. The van der Waals surface area contributed by atoms with E-state index < -0.39 is 0 Å². The second kappa shape index (κ2) is 10.2. The van der Waals surface area contributed by atoms with Gasteiger partial charge in [-0.2, -0.15) is 0 Å². The second-order valence-corrected chi connectivity index (χ2v) is 9.05.